The minimum Gasteiger partial charge on any atom is -0.469 e. The Morgan fingerprint density at radius 1 is 1.77 bits per heavy atom. The van der Waals surface area contributed by atoms with E-state index in [1.807, 2.05) is 6.07 Å². The van der Waals surface area contributed by atoms with Crippen LogP contribution in [0.4, 0.5) is 0 Å². The summed E-state index contributed by atoms with van der Waals surface area (Å²) in [6.07, 6.45) is 1.80. The fourth-order valence-corrected chi connectivity index (χ4v) is 0.979. The number of hydrogen-bond acceptors (Lipinski definition) is 4. The SMILES string of the molecule is COC(=O)Cc1ccoc1CC#N. The first-order chi connectivity index (χ1) is 6.27. The first kappa shape index (κ1) is 9.33. The van der Waals surface area contributed by atoms with E-state index in [9.17, 15) is 4.79 Å². The molecule has 0 aliphatic heterocycles. The van der Waals surface area contributed by atoms with Crippen LogP contribution in [0.3, 0.4) is 0 Å². The maximum Gasteiger partial charge on any atom is 0.310 e. The predicted octanol–water partition coefficient (Wildman–Crippen LogP) is 1.06. The van der Waals surface area contributed by atoms with E-state index in [-0.39, 0.29) is 18.8 Å². The van der Waals surface area contributed by atoms with Gasteiger partial charge in [0.1, 0.15) is 5.76 Å². The third-order valence-electron chi connectivity index (χ3n) is 1.64. The van der Waals surface area contributed by atoms with Crippen LogP contribution in [-0.4, -0.2) is 13.1 Å². The normalized spacial score (nSPS) is 9.23. The summed E-state index contributed by atoms with van der Waals surface area (Å²) in [7, 11) is 1.33. The molecule has 0 unspecified atom stereocenters. The molecule has 4 nitrogen and oxygen atoms in total. The molecule has 0 spiro atoms. The van der Waals surface area contributed by atoms with E-state index in [1.165, 1.54) is 13.4 Å². The van der Waals surface area contributed by atoms with Gasteiger partial charge in [-0.2, -0.15) is 5.26 Å². The Bertz CT molecular complexity index is 335. The second-order valence-corrected chi connectivity index (χ2v) is 2.46. The highest BCUT2D eigenvalue weighted by molar-refractivity contribution is 5.72. The number of hydrogen-bond donors (Lipinski definition) is 0. The van der Waals surface area contributed by atoms with Gasteiger partial charge in [-0.05, 0) is 6.07 Å². The lowest BCUT2D eigenvalue weighted by Gasteiger charge is -1.97. The number of furan rings is 1. The van der Waals surface area contributed by atoms with Crippen molar-refractivity contribution in [2.24, 2.45) is 0 Å². The molecule has 1 aromatic heterocycles. The van der Waals surface area contributed by atoms with Crippen molar-refractivity contribution in [3.05, 3.63) is 23.7 Å². The molecule has 0 bridgehead atoms. The first-order valence-electron chi connectivity index (χ1n) is 3.77. The number of methoxy groups -OCH3 is 1. The number of carbonyl (C=O) groups excluding carboxylic acids is 1. The van der Waals surface area contributed by atoms with Crippen molar-refractivity contribution in [1.82, 2.24) is 0 Å². The Labute approximate surface area is 75.7 Å². The maximum absolute atomic E-state index is 10.9. The van der Waals surface area contributed by atoms with Gasteiger partial charge in [0.05, 0.1) is 32.3 Å². The molecule has 0 aliphatic rings. The lowest BCUT2D eigenvalue weighted by atomic mass is 10.1. The van der Waals surface area contributed by atoms with E-state index in [0.717, 1.165) is 0 Å². The van der Waals surface area contributed by atoms with Gasteiger partial charge in [0, 0.05) is 5.56 Å². The smallest absolute Gasteiger partial charge is 0.310 e. The zero-order valence-corrected chi connectivity index (χ0v) is 7.24. The van der Waals surface area contributed by atoms with Crippen LogP contribution in [0.25, 0.3) is 0 Å². The zero-order valence-electron chi connectivity index (χ0n) is 7.24. The van der Waals surface area contributed by atoms with Crippen molar-refractivity contribution >= 4 is 5.97 Å². The number of carbonyl (C=O) groups is 1. The quantitative estimate of drug-likeness (QED) is 0.651. The van der Waals surface area contributed by atoms with Crippen LogP contribution in [0.2, 0.25) is 0 Å². The lowest BCUT2D eigenvalue weighted by molar-refractivity contribution is -0.139. The summed E-state index contributed by atoms with van der Waals surface area (Å²) >= 11 is 0. The fraction of sp³-hybridized carbons (Fsp3) is 0.333. The van der Waals surface area contributed by atoms with Gasteiger partial charge in [0.2, 0.25) is 0 Å². The molecule has 0 fully saturated rings. The molecular formula is C9H9NO3. The molecule has 0 saturated carbocycles. The summed E-state index contributed by atoms with van der Waals surface area (Å²) in [4.78, 5) is 10.9. The fourth-order valence-electron chi connectivity index (χ4n) is 0.979. The second-order valence-electron chi connectivity index (χ2n) is 2.46. The van der Waals surface area contributed by atoms with Crippen LogP contribution in [0.15, 0.2) is 16.7 Å². The van der Waals surface area contributed by atoms with E-state index in [2.05, 4.69) is 4.74 Å². The van der Waals surface area contributed by atoms with Crippen LogP contribution >= 0.6 is 0 Å². The van der Waals surface area contributed by atoms with E-state index in [0.29, 0.717) is 11.3 Å². The van der Waals surface area contributed by atoms with Crippen molar-refractivity contribution in [3.8, 4) is 6.07 Å². The summed E-state index contributed by atoms with van der Waals surface area (Å²) in [5.74, 6) is 0.202. The van der Waals surface area contributed by atoms with Crippen molar-refractivity contribution in [1.29, 1.82) is 5.26 Å². The average molecular weight is 179 g/mol. The van der Waals surface area contributed by atoms with Gasteiger partial charge in [0.15, 0.2) is 0 Å². The van der Waals surface area contributed by atoms with Crippen LogP contribution in [0, 0.1) is 11.3 Å². The topological polar surface area (TPSA) is 63.2 Å². The second kappa shape index (κ2) is 4.31. The molecule has 1 aromatic rings. The number of rotatable bonds is 3. The molecule has 0 aliphatic carbocycles. The van der Waals surface area contributed by atoms with E-state index >= 15 is 0 Å². The number of nitrogens with zero attached hydrogens (tertiary/aromatic N) is 1. The van der Waals surface area contributed by atoms with E-state index in [4.69, 9.17) is 9.68 Å². The zero-order chi connectivity index (χ0) is 9.68. The van der Waals surface area contributed by atoms with E-state index in [1.54, 1.807) is 6.07 Å². The largest absolute Gasteiger partial charge is 0.469 e. The number of ether oxygens (including phenoxy) is 1. The highest BCUT2D eigenvalue weighted by atomic mass is 16.5. The molecule has 4 heteroatoms. The Morgan fingerprint density at radius 2 is 2.54 bits per heavy atom. The summed E-state index contributed by atoms with van der Waals surface area (Å²) < 4.78 is 9.51. The summed E-state index contributed by atoms with van der Waals surface area (Å²) in [5, 5.41) is 8.43. The average Bonchev–Trinajstić information content (AvgIpc) is 2.54. The molecular weight excluding hydrogens is 170 g/mol. The van der Waals surface area contributed by atoms with Crippen molar-refractivity contribution in [2.75, 3.05) is 7.11 Å². The number of esters is 1. The predicted molar refractivity (Wildman–Crippen MR) is 43.7 cm³/mol. The van der Waals surface area contributed by atoms with Gasteiger partial charge in [-0.3, -0.25) is 4.79 Å². The molecule has 0 radical (unpaired) electrons. The monoisotopic (exact) mass is 179 g/mol. The highest BCUT2D eigenvalue weighted by Gasteiger charge is 2.10. The van der Waals surface area contributed by atoms with Crippen molar-refractivity contribution < 1.29 is 13.9 Å². The molecule has 1 heterocycles. The molecule has 0 N–H and O–H groups in total. The molecule has 0 saturated heterocycles. The minimum absolute atomic E-state index is 0.157. The van der Waals surface area contributed by atoms with Gasteiger partial charge < -0.3 is 9.15 Å². The van der Waals surface area contributed by atoms with Gasteiger partial charge in [-0.15, -0.1) is 0 Å². The van der Waals surface area contributed by atoms with Gasteiger partial charge in [-0.25, -0.2) is 0 Å². The molecule has 0 atom stereocenters. The van der Waals surface area contributed by atoms with Crippen molar-refractivity contribution in [3.63, 3.8) is 0 Å². The van der Waals surface area contributed by atoms with E-state index < -0.39 is 0 Å². The standard InChI is InChI=1S/C9H9NO3/c1-12-9(11)6-7-3-5-13-8(7)2-4-10/h3,5H,2,6H2,1H3. The molecule has 13 heavy (non-hydrogen) atoms. The third kappa shape index (κ3) is 2.34. The molecule has 68 valence electrons. The maximum atomic E-state index is 10.9. The highest BCUT2D eigenvalue weighted by Crippen LogP contribution is 2.11. The van der Waals surface area contributed by atoms with Crippen LogP contribution in [0.5, 0.6) is 0 Å². The van der Waals surface area contributed by atoms with Crippen LogP contribution in [0.1, 0.15) is 11.3 Å². The van der Waals surface area contributed by atoms with Gasteiger partial charge >= 0.3 is 5.97 Å². The third-order valence-corrected chi connectivity index (χ3v) is 1.64. The molecule has 0 amide bonds. The number of nitriles is 1. The molecule has 0 aromatic carbocycles. The van der Waals surface area contributed by atoms with Crippen LogP contribution in [-0.2, 0) is 22.4 Å². The Morgan fingerprint density at radius 3 is 3.15 bits per heavy atom. The first-order valence-corrected chi connectivity index (χ1v) is 3.77. The van der Waals surface area contributed by atoms with Gasteiger partial charge in [-0.1, -0.05) is 0 Å². The summed E-state index contributed by atoms with van der Waals surface area (Å²) in [5.41, 5.74) is 0.716. The Kier molecular flexibility index (Phi) is 3.09. The Hall–Kier alpha value is -1.76. The lowest BCUT2D eigenvalue weighted by Crippen LogP contribution is -2.05. The van der Waals surface area contributed by atoms with Crippen LogP contribution < -0.4 is 0 Å². The minimum atomic E-state index is -0.333. The van der Waals surface area contributed by atoms with Crippen molar-refractivity contribution in [2.45, 2.75) is 12.8 Å². The molecule has 1 rings (SSSR count). The summed E-state index contributed by atoms with van der Waals surface area (Å²) in [6, 6.07) is 3.63. The Balaban J connectivity index is 2.71. The summed E-state index contributed by atoms with van der Waals surface area (Å²) in [6.45, 7) is 0. The van der Waals surface area contributed by atoms with Gasteiger partial charge in [0.25, 0.3) is 0 Å².